The molecule has 1 heterocycles. The highest BCUT2D eigenvalue weighted by Gasteiger charge is 2.27. The second-order valence-electron chi connectivity index (χ2n) is 4.90. The molecule has 20 heavy (non-hydrogen) atoms. The molecule has 0 amide bonds. The van der Waals surface area contributed by atoms with E-state index in [4.69, 9.17) is 26.8 Å². The number of fused-ring (bicyclic) bond motifs is 1. The van der Waals surface area contributed by atoms with E-state index < -0.39 is 0 Å². The van der Waals surface area contributed by atoms with E-state index in [9.17, 15) is 0 Å². The molecule has 4 heteroatoms. The lowest BCUT2D eigenvalue weighted by molar-refractivity contribution is 0.161. The van der Waals surface area contributed by atoms with Gasteiger partial charge < -0.3 is 15.2 Å². The van der Waals surface area contributed by atoms with Crippen molar-refractivity contribution < 1.29 is 9.47 Å². The van der Waals surface area contributed by atoms with E-state index in [0.717, 1.165) is 29.0 Å². The Hall–Kier alpha value is -1.71. The Kier molecular flexibility index (Phi) is 3.55. The van der Waals surface area contributed by atoms with Gasteiger partial charge in [-0.25, -0.2) is 0 Å². The van der Waals surface area contributed by atoms with Gasteiger partial charge in [-0.3, -0.25) is 0 Å². The van der Waals surface area contributed by atoms with Gasteiger partial charge in [0.1, 0.15) is 17.6 Å². The summed E-state index contributed by atoms with van der Waals surface area (Å²) in [5, 5.41) is 0.686. The molecule has 2 unspecified atom stereocenters. The Morgan fingerprint density at radius 2 is 1.95 bits per heavy atom. The fourth-order valence-corrected chi connectivity index (χ4v) is 2.68. The number of rotatable bonds is 2. The molecule has 0 aromatic heterocycles. The molecule has 2 aromatic rings. The standard InChI is InChI=1S/C16H16ClNO2/c1-19-12-5-2-10(3-6-12)16-9-14(18)13-8-11(17)4-7-15(13)20-16/h2-8,14,16H,9,18H2,1H3. The van der Waals surface area contributed by atoms with E-state index in [-0.39, 0.29) is 12.1 Å². The van der Waals surface area contributed by atoms with E-state index >= 15 is 0 Å². The molecule has 0 fully saturated rings. The highest BCUT2D eigenvalue weighted by molar-refractivity contribution is 6.30. The van der Waals surface area contributed by atoms with Gasteiger partial charge in [0, 0.05) is 23.0 Å². The Balaban J connectivity index is 1.88. The van der Waals surface area contributed by atoms with Crippen molar-refractivity contribution in [3.8, 4) is 11.5 Å². The van der Waals surface area contributed by atoms with Crippen molar-refractivity contribution in [1.29, 1.82) is 0 Å². The molecule has 104 valence electrons. The third kappa shape index (κ3) is 2.47. The minimum Gasteiger partial charge on any atom is -0.497 e. The normalized spacial score (nSPS) is 20.9. The van der Waals surface area contributed by atoms with Crippen molar-refractivity contribution in [3.05, 3.63) is 58.6 Å². The fourth-order valence-electron chi connectivity index (χ4n) is 2.50. The van der Waals surface area contributed by atoms with Crippen LogP contribution in [0.2, 0.25) is 5.02 Å². The third-order valence-electron chi connectivity index (χ3n) is 3.60. The lowest BCUT2D eigenvalue weighted by Gasteiger charge is -2.30. The molecule has 1 aliphatic heterocycles. The predicted molar refractivity (Wildman–Crippen MR) is 79.4 cm³/mol. The Morgan fingerprint density at radius 3 is 2.65 bits per heavy atom. The van der Waals surface area contributed by atoms with Gasteiger partial charge in [0.2, 0.25) is 0 Å². The molecule has 2 atom stereocenters. The van der Waals surface area contributed by atoms with Crippen molar-refractivity contribution in [1.82, 2.24) is 0 Å². The lowest BCUT2D eigenvalue weighted by Crippen LogP contribution is -2.24. The van der Waals surface area contributed by atoms with E-state index in [1.54, 1.807) is 7.11 Å². The molecular weight excluding hydrogens is 274 g/mol. The molecule has 0 radical (unpaired) electrons. The molecule has 3 nitrogen and oxygen atoms in total. The van der Waals surface area contributed by atoms with Gasteiger partial charge in [-0.1, -0.05) is 23.7 Å². The highest BCUT2D eigenvalue weighted by Crippen LogP contribution is 2.40. The zero-order valence-corrected chi connectivity index (χ0v) is 11.9. The van der Waals surface area contributed by atoms with Crippen LogP contribution in [0.25, 0.3) is 0 Å². The summed E-state index contributed by atoms with van der Waals surface area (Å²) in [6.07, 6.45) is 0.698. The third-order valence-corrected chi connectivity index (χ3v) is 3.83. The number of hydrogen-bond donors (Lipinski definition) is 1. The van der Waals surface area contributed by atoms with E-state index in [2.05, 4.69) is 0 Å². The van der Waals surface area contributed by atoms with Crippen LogP contribution in [0.5, 0.6) is 11.5 Å². The van der Waals surface area contributed by atoms with Crippen molar-refractivity contribution in [2.24, 2.45) is 5.73 Å². The fraction of sp³-hybridized carbons (Fsp3) is 0.250. The van der Waals surface area contributed by atoms with E-state index in [1.807, 2.05) is 42.5 Å². The van der Waals surface area contributed by atoms with Crippen molar-refractivity contribution in [2.75, 3.05) is 7.11 Å². The summed E-state index contributed by atoms with van der Waals surface area (Å²) in [5.41, 5.74) is 8.31. The van der Waals surface area contributed by atoms with Crippen molar-refractivity contribution in [2.45, 2.75) is 18.6 Å². The summed E-state index contributed by atoms with van der Waals surface area (Å²) in [6.45, 7) is 0. The molecule has 3 rings (SSSR count). The first-order valence-electron chi connectivity index (χ1n) is 6.53. The van der Waals surface area contributed by atoms with Gasteiger partial charge in [-0.15, -0.1) is 0 Å². The van der Waals surface area contributed by atoms with E-state index in [0.29, 0.717) is 5.02 Å². The Bertz CT molecular complexity index is 612. The van der Waals surface area contributed by atoms with Crippen LogP contribution in [0.1, 0.15) is 29.7 Å². The summed E-state index contributed by atoms with van der Waals surface area (Å²) in [4.78, 5) is 0. The van der Waals surface area contributed by atoms with Crippen LogP contribution >= 0.6 is 11.6 Å². The molecule has 0 saturated heterocycles. The first-order valence-corrected chi connectivity index (χ1v) is 6.91. The van der Waals surface area contributed by atoms with Crippen LogP contribution in [0.3, 0.4) is 0 Å². The van der Waals surface area contributed by atoms with Crippen LogP contribution in [-0.4, -0.2) is 7.11 Å². The maximum absolute atomic E-state index is 6.24. The van der Waals surface area contributed by atoms with Crippen LogP contribution < -0.4 is 15.2 Å². The summed E-state index contributed by atoms with van der Waals surface area (Å²) < 4.78 is 11.2. The number of ether oxygens (including phenoxy) is 2. The second-order valence-corrected chi connectivity index (χ2v) is 5.34. The minimum atomic E-state index is -0.0652. The number of hydrogen-bond acceptors (Lipinski definition) is 3. The zero-order valence-electron chi connectivity index (χ0n) is 11.2. The van der Waals surface area contributed by atoms with Gasteiger partial charge in [0.25, 0.3) is 0 Å². The number of methoxy groups -OCH3 is 1. The van der Waals surface area contributed by atoms with Crippen molar-refractivity contribution >= 4 is 11.6 Å². The summed E-state index contributed by atoms with van der Waals surface area (Å²) >= 11 is 6.00. The number of benzene rings is 2. The Morgan fingerprint density at radius 1 is 1.20 bits per heavy atom. The van der Waals surface area contributed by atoms with Gasteiger partial charge in [-0.2, -0.15) is 0 Å². The average Bonchev–Trinajstić information content (AvgIpc) is 2.48. The average molecular weight is 290 g/mol. The molecule has 0 spiro atoms. The molecule has 0 saturated carbocycles. The largest absolute Gasteiger partial charge is 0.497 e. The van der Waals surface area contributed by atoms with Gasteiger partial charge in [-0.05, 0) is 35.9 Å². The SMILES string of the molecule is COc1ccc(C2CC(N)c3cc(Cl)ccc3O2)cc1. The maximum Gasteiger partial charge on any atom is 0.126 e. The van der Waals surface area contributed by atoms with Crippen LogP contribution in [0, 0.1) is 0 Å². The minimum absolute atomic E-state index is 0.0374. The van der Waals surface area contributed by atoms with Crippen LogP contribution in [0.4, 0.5) is 0 Å². The highest BCUT2D eigenvalue weighted by atomic mass is 35.5. The summed E-state index contributed by atoms with van der Waals surface area (Å²) in [7, 11) is 1.65. The smallest absolute Gasteiger partial charge is 0.126 e. The van der Waals surface area contributed by atoms with E-state index in [1.165, 1.54) is 0 Å². The van der Waals surface area contributed by atoms with Gasteiger partial charge in [0.05, 0.1) is 7.11 Å². The van der Waals surface area contributed by atoms with Crippen LogP contribution in [0.15, 0.2) is 42.5 Å². The molecule has 0 aliphatic carbocycles. The molecular formula is C16H16ClNO2. The monoisotopic (exact) mass is 289 g/mol. The van der Waals surface area contributed by atoms with Crippen molar-refractivity contribution in [3.63, 3.8) is 0 Å². The topological polar surface area (TPSA) is 44.5 Å². The molecule has 1 aliphatic rings. The molecule has 2 aromatic carbocycles. The lowest BCUT2D eigenvalue weighted by atomic mass is 9.93. The quantitative estimate of drug-likeness (QED) is 0.913. The second kappa shape index (κ2) is 5.35. The number of nitrogens with two attached hydrogens (primary N) is 1. The molecule has 0 bridgehead atoms. The summed E-state index contributed by atoms with van der Waals surface area (Å²) in [6, 6.07) is 13.4. The first kappa shape index (κ1) is 13.3. The first-order chi connectivity index (χ1) is 9.67. The number of halogens is 1. The maximum atomic E-state index is 6.24. The summed E-state index contributed by atoms with van der Waals surface area (Å²) in [5.74, 6) is 1.65. The van der Waals surface area contributed by atoms with Crippen LogP contribution in [-0.2, 0) is 0 Å². The Labute approximate surface area is 123 Å². The zero-order chi connectivity index (χ0) is 14.1. The van der Waals surface area contributed by atoms with Gasteiger partial charge >= 0.3 is 0 Å². The molecule has 2 N–H and O–H groups in total. The van der Waals surface area contributed by atoms with Gasteiger partial charge in [0.15, 0.2) is 0 Å². The predicted octanol–water partition coefficient (Wildman–Crippen LogP) is 3.87.